The highest BCUT2D eigenvalue weighted by atomic mass is 16.6. The highest BCUT2D eigenvalue weighted by Crippen LogP contribution is 2.16. The summed E-state index contributed by atoms with van der Waals surface area (Å²) in [5, 5.41) is 10.6. The Kier molecular flexibility index (Phi) is 3.33. The Morgan fingerprint density at radius 3 is 2.87 bits per heavy atom. The molecule has 1 aromatic heterocycles. The van der Waals surface area contributed by atoms with E-state index in [2.05, 4.69) is 4.98 Å². The van der Waals surface area contributed by atoms with Crippen LogP contribution in [0.5, 0.6) is 0 Å². The monoisotopic (exact) mass is 209 g/mol. The van der Waals surface area contributed by atoms with E-state index >= 15 is 0 Å². The maximum Gasteiger partial charge on any atom is 0.300 e. The van der Waals surface area contributed by atoms with Crippen LogP contribution in [0.1, 0.15) is 17.4 Å². The van der Waals surface area contributed by atoms with Gasteiger partial charge in [-0.2, -0.15) is 0 Å². The molecule has 1 heterocycles. The molecule has 0 saturated heterocycles. The lowest BCUT2D eigenvalue weighted by molar-refractivity contribution is -0.385. The van der Waals surface area contributed by atoms with Crippen molar-refractivity contribution in [2.75, 3.05) is 13.6 Å². The molecule has 0 radical (unpaired) electrons. The molecule has 1 amide bonds. The van der Waals surface area contributed by atoms with Crippen molar-refractivity contribution in [3.63, 3.8) is 0 Å². The van der Waals surface area contributed by atoms with E-state index in [0.717, 1.165) is 0 Å². The van der Waals surface area contributed by atoms with Crippen molar-refractivity contribution in [1.82, 2.24) is 9.88 Å². The zero-order valence-corrected chi connectivity index (χ0v) is 8.51. The molecule has 1 rings (SSSR count). The van der Waals surface area contributed by atoms with Gasteiger partial charge in [0.2, 0.25) is 5.69 Å². The molecule has 6 nitrogen and oxygen atoms in total. The third-order valence-corrected chi connectivity index (χ3v) is 2.01. The Bertz CT molecular complexity index is 392. The SMILES string of the molecule is CCN(C)C(=O)c1ncccc1[N+](=O)[O-]. The number of pyridine rings is 1. The highest BCUT2D eigenvalue weighted by molar-refractivity contribution is 5.95. The molecule has 80 valence electrons. The zero-order chi connectivity index (χ0) is 11.4. The molecule has 1 aromatic rings. The van der Waals surface area contributed by atoms with Gasteiger partial charge in [-0.25, -0.2) is 4.98 Å². The summed E-state index contributed by atoms with van der Waals surface area (Å²) < 4.78 is 0. The molecule has 0 aliphatic heterocycles. The van der Waals surface area contributed by atoms with Gasteiger partial charge in [-0.1, -0.05) is 0 Å². The minimum Gasteiger partial charge on any atom is -0.340 e. The van der Waals surface area contributed by atoms with E-state index in [1.54, 1.807) is 14.0 Å². The summed E-state index contributed by atoms with van der Waals surface area (Å²) in [5.41, 5.74) is -0.380. The zero-order valence-electron chi connectivity index (χ0n) is 8.51. The molecule has 0 unspecified atom stereocenters. The van der Waals surface area contributed by atoms with Gasteiger partial charge in [0.1, 0.15) is 0 Å². The Labute approximate surface area is 86.7 Å². The summed E-state index contributed by atoms with van der Waals surface area (Å²) in [4.78, 5) is 26.8. The lowest BCUT2D eigenvalue weighted by atomic mass is 10.2. The average molecular weight is 209 g/mol. The fourth-order valence-electron chi connectivity index (χ4n) is 1.03. The van der Waals surface area contributed by atoms with Crippen LogP contribution in [-0.4, -0.2) is 34.3 Å². The summed E-state index contributed by atoms with van der Waals surface area (Å²) >= 11 is 0. The number of aromatic nitrogens is 1. The van der Waals surface area contributed by atoms with Crippen molar-refractivity contribution in [2.45, 2.75) is 6.92 Å². The molecule has 0 atom stereocenters. The van der Waals surface area contributed by atoms with Crippen molar-refractivity contribution < 1.29 is 9.72 Å². The Balaban J connectivity index is 3.13. The predicted molar refractivity (Wildman–Crippen MR) is 53.5 cm³/mol. The van der Waals surface area contributed by atoms with Crippen molar-refractivity contribution in [3.8, 4) is 0 Å². The van der Waals surface area contributed by atoms with Gasteiger partial charge >= 0.3 is 5.69 Å². The maximum atomic E-state index is 11.7. The first kappa shape index (κ1) is 11.1. The van der Waals surface area contributed by atoms with Crippen LogP contribution in [0.2, 0.25) is 0 Å². The highest BCUT2D eigenvalue weighted by Gasteiger charge is 2.22. The van der Waals surface area contributed by atoms with Gasteiger partial charge in [0, 0.05) is 25.9 Å². The van der Waals surface area contributed by atoms with Crippen LogP contribution in [0.3, 0.4) is 0 Å². The van der Waals surface area contributed by atoms with E-state index in [-0.39, 0.29) is 11.4 Å². The van der Waals surface area contributed by atoms with Gasteiger partial charge in [-0.3, -0.25) is 14.9 Å². The van der Waals surface area contributed by atoms with Crippen molar-refractivity contribution >= 4 is 11.6 Å². The van der Waals surface area contributed by atoms with Crippen LogP contribution in [0, 0.1) is 10.1 Å². The second kappa shape index (κ2) is 4.50. The molecule has 0 bridgehead atoms. The van der Waals surface area contributed by atoms with Gasteiger partial charge in [-0.05, 0) is 13.0 Å². The molecule has 0 spiro atoms. The first-order chi connectivity index (χ1) is 7.07. The lowest BCUT2D eigenvalue weighted by Crippen LogP contribution is -2.27. The van der Waals surface area contributed by atoms with E-state index < -0.39 is 10.8 Å². The van der Waals surface area contributed by atoms with Crippen LogP contribution in [0.15, 0.2) is 18.3 Å². The van der Waals surface area contributed by atoms with Gasteiger partial charge in [-0.15, -0.1) is 0 Å². The number of amides is 1. The van der Waals surface area contributed by atoms with Gasteiger partial charge in [0.05, 0.1) is 4.92 Å². The van der Waals surface area contributed by atoms with Crippen molar-refractivity contribution in [2.24, 2.45) is 0 Å². The second-order valence-electron chi connectivity index (χ2n) is 2.95. The number of carbonyl (C=O) groups is 1. The smallest absolute Gasteiger partial charge is 0.300 e. The second-order valence-corrected chi connectivity index (χ2v) is 2.95. The first-order valence-corrected chi connectivity index (χ1v) is 4.42. The number of carbonyl (C=O) groups excluding carboxylic acids is 1. The van der Waals surface area contributed by atoms with Gasteiger partial charge < -0.3 is 4.90 Å². The van der Waals surface area contributed by atoms with Gasteiger partial charge in [0.15, 0.2) is 0 Å². The molecule has 15 heavy (non-hydrogen) atoms. The normalized spacial score (nSPS) is 9.73. The number of nitro groups is 1. The number of nitrogens with zero attached hydrogens (tertiary/aromatic N) is 3. The molecule has 0 fully saturated rings. The number of hydrogen-bond acceptors (Lipinski definition) is 4. The summed E-state index contributed by atoms with van der Waals surface area (Å²) in [7, 11) is 1.57. The maximum absolute atomic E-state index is 11.7. The topological polar surface area (TPSA) is 76.3 Å². The quantitative estimate of drug-likeness (QED) is 0.551. The molecule has 0 aromatic carbocycles. The van der Waals surface area contributed by atoms with E-state index in [0.29, 0.717) is 6.54 Å². The third kappa shape index (κ3) is 2.28. The van der Waals surface area contributed by atoms with Crippen LogP contribution >= 0.6 is 0 Å². The first-order valence-electron chi connectivity index (χ1n) is 4.42. The molecule has 0 aliphatic rings. The third-order valence-electron chi connectivity index (χ3n) is 2.01. The van der Waals surface area contributed by atoms with Crippen molar-refractivity contribution in [3.05, 3.63) is 34.1 Å². The molecular formula is C9H11N3O3. The molecule has 0 saturated carbocycles. The predicted octanol–water partition coefficient (Wildman–Crippen LogP) is 1.08. The minimum absolute atomic E-state index is 0.119. The van der Waals surface area contributed by atoms with E-state index in [1.165, 1.54) is 23.2 Å². The Morgan fingerprint density at radius 2 is 2.33 bits per heavy atom. The largest absolute Gasteiger partial charge is 0.340 e. The van der Waals surface area contributed by atoms with Gasteiger partial charge in [0.25, 0.3) is 5.91 Å². The fourth-order valence-corrected chi connectivity index (χ4v) is 1.03. The summed E-state index contributed by atoms with van der Waals surface area (Å²) in [6, 6.07) is 2.70. The van der Waals surface area contributed by atoms with Crippen LogP contribution in [-0.2, 0) is 0 Å². The number of rotatable bonds is 3. The summed E-state index contributed by atoms with van der Waals surface area (Å²) in [6.45, 7) is 2.26. The Hall–Kier alpha value is -1.98. The summed E-state index contributed by atoms with van der Waals surface area (Å²) in [6.07, 6.45) is 1.36. The van der Waals surface area contributed by atoms with Crippen molar-refractivity contribution in [1.29, 1.82) is 0 Å². The molecule has 0 aliphatic carbocycles. The molecule has 6 heteroatoms. The van der Waals surface area contributed by atoms with E-state index in [1.807, 2.05) is 0 Å². The average Bonchev–Trinajstić information content (AvgIpc) is 2.27. The summed E-state index contributed by atoms with van der Waals surface area (Å²) in [5.74, 6) is -0.440. The van der Waals surface area contributed by atoms with Crippen LogP contribution in [0.4, 0.5) is 5.69 Å². The van der Waals surface area contributed by atoms with E-state index in [4.69, 9.17) is 0 Å². The fraction of sp³-hybridized carbons (Fsp3) is 0.333. The minimum atomic E-state index is -0.607. The molecular weight excluding hydrogens is 198 g/mol. The molecule has 0 N–H and O–H groups in total. The van der Waals surface area contributed by atoms with E-state index in [9.17, 15) is 14.9 Å². The Morgan fingerprint density at radius 1 is 1.67 bits per heavy atom. The van der Waals surface area contributed by atoms with Crippen LogP contribution < -0.4 is 0 Å². The van der Waals surface area contributed by atoms with Crippen LogP contribution in [0.25, 0.3) is 0 Å². The standard InChI is InChI=1S/C9H11N3O3/c1-3-11(2)9(13)8-7(12(14)15)5-4-6-10-8/h4-6H,3H2,1-2H3. The lowest BCUT2D eigenvalue weighted by Gasteiger charge is -2.13. The number of hydrogen-bond donors (Lipinski definition) is 0.